The molecule has 3 amide bonds. The molecule has 1 aliphatic carbocycles. The zero-order valence-electron chi connectivity index (χ0n) is 22.6. The van der Waals surface area contributed by atoms with Crippen LogP contribution in [0.2, 0.25) is 0 Å². The number of nitrogens with two attached hydrogens (primary N) is 3. The second-order valence-corrected chi connectivity index (χ2v) is 10.9. The van der Waals surface area contributed by atoms with E-state index in [0.717, 1.165) is 30.4 Å². The molecule has 1 saturated carbocycles. The van der Waals surface area contributed by atoms with Crippen LogP contribution in [0.5, 0.6) is 11.5 Å². The Hall–Kier alpha value is -3.67. The molecule has 0 aromatic heterocycles. The fourth-order valence-corrected chi connectivity index (χ4v) is 5.42. The highest BCUT2D eigenvalue weighted by Gasteiger charge is 2.31. The first-order valence-electron chi connectivity index (χ1n) is 13.9. The van der Waals surface area contributed by atoms with E-state index in [1.165, 1.54) is 12.1 Å². The topological polar surface area (TPSA) is 206 Å². The molecule has 11 nitrogen and oxygen atoms in total. The zero-order valence-corrected chi connectivity index (χ0v) is 22.6. The van der Waals surface area contributed by atoms with Crippen molar-refractivity contribution in [2.75, 3.05) is 6.54 Å². The number of nitrogens with one attached hydrogen (secondary N) is 3. The third-order valence-electron chi connectivity index (χ3n) is 7.72. The van der Waals surface area contributed by atoms with Crippen molar-refractivity contribution in [1.29, 1.82) is 0 Å². The summed E-state index contributed by atoms with van der Waals surface area (Å²) in [5, 5.41) is 29.7. The molecule has 11 heteroatoms. The van der Waals surface area contributed by atoms with Crippen molar-refractivity contribution in [3.63, 3.8) is 0 Å². The molecule has 4 bridgehead atoms. The average molecular weight is 553 g/mol. The molecule has 1 aliphatic heterocycles. The number of carbonyl (C=O) groups is 3. The van der Waals surface area contributed by atoms with E-state index in [0.29, 0.717) is 30.5 Å². The predicted octanol–water partition coefficient (Wildman–Crippen LogP) is 0.285. The van der Waals surface area contributed by atoms with Gasteiger partial charge in [-0.15, -0.1) is 0 Å². The van der Waals surface area contributed by atoms with Crippen molar-refractivity contribution >= 4 is 17.7 Å². The third kappa shape index (κ3) is 7.29. The maximum atomic E-state index is 13.5. The number of benzene rings is 2. The Balaban J connectivity index is 1.72. The molecule has 2 aromatic carbocycles. The second-order valence-electron chi connectivity index (χ2n) is 10.9. The Kier molecular flexibility index (Phi) is 9.62. The highest BCUT2D eigenvalue weighted by Crippen LogP contribution is 2.31. The van der Waals surface area contributed by atoms with Crippen molar-refractivity contribution in [2.24, 2.45) is 17.2 Å². The lowest BCUT2D eigenvalue weighted by Crippen LogP contribution is -2.57. The van der Waals surface area contributed by atoms with Gasteiger partial charge in [0.1, 0.15) is 23.6 Å². The van der Waals surface area contributed by atoms with Gasteiger partial charge in [0.05, 0.1) is 6.04 Å². The van der Waals surface area contributed by atoms with Gasteiger partial charge in [-0.05, 0) is 91.6 Å². The monoisotopic (exact) mass is 552 g/mol. The number of carbonyl (C=O) groups excluding carboxylic acids is 3. The smallest absolute Gasteiger partial charge is 0.243 e. The minimum absolute atomic E-state index is 0.00226. The maximum Gasteiger partial charge on any atom is 0.243 e. The van der Waals surface area contributed by atoms with E-state index in [1.54, 1.807) is 24.3 Å². The number of fused-ring (bicyclic) bond motifs is 5. The summed E-state index contributed by atoms with van der Waals surface area (Å²) in [5.74, 6) is -1.54. The number of phenols is 2. The van der Waals surface area contributed by atoms with Crippen molar-refractivity contribution in [3.8, 4) is 22.6 Å². The first-order valence-corrected chi connectivity index (χ1v) is 13.9. The highest BCUT2D eigenvalue weighted by molar-refractivity contribution is 5.93. The van der Waals surface area contributed by atoms with Gasteiger partial charge in [-0.3, -0.25) is 14.4 Å². The normalized spacial score (nSPS) is 25.6. The van der Waals surface area contributed by atoms with Crippen LogP contribution in [0.1, 0.15) is 49.7 Å². The SMILES string of the molecule is NCCC[C@H]1NC(=O)[C@@H](N)Cc2cc(ccc2O)-c2ccc(O)c(c2)C[C@H](C(=O)NC2CCCC(N)C2)NC1=O. The number of aromatic hydroxyl groups is 2. The van der Waals surface area contributed by atoms with Gasteiger partial charge >= 0.3 is 0 Å². The Morgan fingerprint density at radius 3 is 2.20 bits per heavy atom. The van der Waals surface area contributed by atoms with E-state index in [4.69, 9.17) is 17.2 Å². The van der Waals surface area contributed by atoms with Crippen LogP contribution >= 0.6 is 0 Å². The van der Waals surface area contributed by atoms with Gasteiger partial charge in [-0.2, -0.15) is 0 Å². The van der Waals surface area contributed by atoms with Crippen LogP contribution < -0.4 is 33.2 Å². The summed E-state index contributed by atoms with van der Waals surface area (Å²) in [6, 6.07) is 6.83. The van der Waals surface area contributed by atoms with Crippen molar-refractivity contribution in [1.82, 2.24) is 16.0 Å². The van der Waals surface area contributed by atoms with E-state index in [-0.39, 0.29) is 42.8 Å². The van der Waals surface area contributed by atoms with Crippen molar-refractivity contribution in [3.05, 3.63) is 47.5 Å². The van der Waals surface area contributed by atoms with Gasteiger partial charge in [-0.1, -0.05) is 12.1 Å². The Bertz CT molecular complexity index is 1240. The minimum Gasteiger partial charge on any atom is -0.508 e. The molecule has 2 aromatic rings. The summed E-state index contributed by atoms with van der Waals surface area (Å²) in [5.41, 5.74) is 20.4. The van der Waals surface area contributed by atoms with Crippen LogP contribution in [0.15, 0.2) is 36.4 Å². The number of hydrogen-bond donors (Lipinski definition) is 8. The van der Waals surface area contributed by atoms with Crippen molar-refractivity contribution < 1.29 is 24.6 Å². The van der Waals surface area contributed by atoms with E-state index in [1.807, 2.05) is 0 Å². The van der Waals surface area contributed by atoms with E-state index in [2.05, 4.69) is 16.0 Å². The fraction of sp³-hybridized carbons (Fsp3) is 0.483. The fourth-order valence-electron chi connectivity index (χ4n) is 5.42. The molecule has 5 atom stereocenters. The minimum atomic E-state index is -1.04. The summed E-state index contributed by atoms with van der Waals surface area (Å²) in [4.78, 5) is 40.0. The Morgan fingerprint density at radius 2 is 1.57 bits per heavy atom. The predicted molar refractivity (Wildman–Crippen MR) is 151 cm³/mol. The summed E-state index contributed by atoms with van der Waals surface area (Å²) in [7, 11) is 0. The summed E-state index contributed by atoms with van der Waals surface area (Å²) in [6.07, 6.45) is 3.98. The molecule has 0 spiro atoms. The lowest BCUT2D eigenvalue weighted by molar-refractivity contribution is -0.132. The van der Waals surface area contributed by atoms with Gasteiger partial charge in [0.2, 0.25) is 17.7 Å². The maximum absolute atomic E-state index is 13.5. The second kappa shape index (κ2) is 13.1. The molecular formula is C29H40N6O5. The van der Waals surface area contributed by atoms with Crippen molar-refractivity contribution in [2.45, 2.75) is 81.6 Å². The van der Waals surface area contributed by atoms with E-state index >= 15 is 0 Å². The van der Waals surface area contributed by atoms with Crippen LogP contribution in [0.25, 0.3) is 11.1 Å². The summed E-state index contributed by atoms with van der Waals surface area (Å²) < 4.78 is 0. The largest absolute Gasteiger partial charge is 0.508 e. The first kappa shape index (κ1) is 29.3. The van der Waals surface area contributed by atoms with Gasteiger partial charge in [-0.25, -0.2) is 0 Å². The van der Waals surface area contributed by atoms with Crippen LogP contribution in [0.4, 0.5) is 0 Å². The van der Waals surface area contributed by atoms with Crippen LogP contribution in [-0.4, -0.2) is 64.7 Å². The summed E-state index contributed by atoms with van der Waals surface area (Å²) in [6.45, 7) is 0.304. The molecule has 2 aliphatic rings. The lowest BCUT2D eigenvalue weighted by atomic mass is 9.91. The molecule has 1 fully saturated rings. The van der Waals surface area contributed by atoms with Crippen LogP contribution in [0, 0.1) is 0 Å². The molecule has 40 heavy (non-hydrogen) atoms. The Morgan fingerprint density at radius 1 is 0.925 bits per heavy atom. The van der Waals surface area contributed by atoms with E-state index in [9.17, 15) is 24.6 Å². The molecular weight excluding hydrogens is 512 g/mol. The highest BCUT2D eigenvalue weighted by atomic mass is 16.3. The van der Waals surface area contributed by atoms with Gasteiger partial charge in [0.15, 0.2) is 0 Å². The van der Waals surface area contributed by atoms with Crippen LogP contribution in [-0.2, 0) is 27.2 Å². The molecule has 0 saturated heterocycles. The zero-order chi connectivity index (χ0) is 28.8. The third-order valence-corrected chi connectivity index (χ3v) is 7.72. The van der Waals surface area contributed by atoms with Gasteiger partial charge in [0.25, 0.3) is 0 Å². The quantitative estimate of drug-likeness (QED) is 0.258. The van der Waals surface area contributed by atoms with Crippen LogP contribution in [0.3, 0.4) is 0 Å². The van der Waals surface area contributed by atoms with E-state index < -0.39 is 35.8 Å². The standard InChI is InChI=1S/C29H40N6O5/c30-10-2-5-23-28(39)35-24(29(40)33-21-4-1-3-20(31)15-21)14-19-12-17(7-9-26(19)37)16-6-8-25(36)18(11-16)13-22(32)27(38)34-23/h6-9,11-12,20-24,36-37H,1-5,10,13-15,30-32H2,(H,33,40)(H,34,38)(H,35,39)/t20?,21?,22-,23+,24+/m0/s1. The van der Waals surface area contributed by atoms with Gasteiger partial charge < -0.3 is 43.4 Å². The molecule has 0 radical (unpaired) electrons. The Labute approximate surface area is 233 Å². The molecule has 2 unspecified atom stereocenters. The summed E-state index contributed by atoms with van der Waals surface area (Å²) >= 11 is 0. The number of amides is 3. The molecule has 11 N–H and O–H groups in total. The average Bonchev–Trinajstić information content (AvgIpc) is 2.92. The van der Waals surface area contributed by atoms with Gasteiger partial charge in [0, 0.05) is 24.9 Å². The number of phenolic OH excluding ortho intramolecular Hbond substituents is 2. The molecule has 1 heterocycles. The molecule has 216 valence electrons. The number of rotatable bonds is 5. The molecule has 4 rings (SSSR count). The number of hydrogen-bond acceptors (Lipinski definition) is 8. The lowest BCUT2D eigenvalue weighted by Gasteiger charge is -2.30. The first-order chi connectivity index (χ1) is 19.1.